The quantitative estimate of drug-likeness (QED) is 0.767. The van der Waals surface area contributed by atoms with Crippen molar-refractivity contribution >= 4 is 28.1 Å². The number of fused-ring (bicyclic) bond motifs is 1. The van der Waals surface area contributed by atoms with Crippen LogP contribution in [0, 0.1) is 0 Å². The van der Waals surface area contributed by atoms with E-state index in [0.717, 1.165) is 23.3 Å². The van der Waals surface area contributed by atoms with Crippen LogP contribution in [0.3, 0.4) is 0 Å². The molecule has 0 atom stereocenters. The lowest BCUT2D eigenvalue weighted by Gasteiger charge is -2.05. The van der Waals surface area contributed by atoms with Crippen LogP contribution >= 0.6 is 11.3 Å². The molecule has 4 nitrogen and oxygen atoms in total. The minimum atomic E-state index is 0.788. The molecule has 0 unspecified atom stereocenters. The molecule has 0 aliphatic carbocycles. The molecule has 2 aromatic heterocycles. The molecule has 84 valence electrons. The Morgan fingerprint density at radius 2 is 2.00 bits per heavy atom. The van der Waals surface area contributed by atoms with Crippen LogP contribution in [0.25, 0.3) is 11.0 Å². The highest BCUT2D eigenvalue weighted by molar-refractivity contribution is 7.09. The Bertz CT molecular complexity index is 621. The molecule has 3 rings (SSSR count). The molecular formula is C12H10N4S. The van der Waals surface area contributed by atoms with E-state index in [1.54, 1.807) is 23.7 Å². The lowest BCUT2D eigenvalue weighted by Crippen LogP contribution is -1.97. The van der Waals surface area contributed by atoms with Gasteiger partial charge in [-0.15, -0.1) is 11.3 Å². The first-order chi connectivity index (χ1) is 8.42. The molecule has 0 aliphatic heterocycles. The summed E-state index contributed by atoms with van der Waals surface area (Å²) >= 11 is 1.64. The Morgan fingerprint density at radius 3 is 2.82 bits per heavy atom. The maximum atomic E-state index is 4.27. The second-order valence-corrected chi connectivity index (χ2v) is 4.55. The Labute approximate surface area is 102 Å². The standard InChI is InChI=1S/C12H10N4S/c1-2-11-12(15-4-3-14-11)5-9(1)16-7-10-6-13-8-17-10/h1-6,8,16H,7H2. The minimum Gasteiger partial charge on any atom is -0.380 e. The van der Waals surface area contributed by atoms with Crippen molar-refractivity contribution in [3.8, 4) is 0 Å². The highest BCUT2D eigenvalue weighted by Crippen LogP contribution is 2.16. The van der Waals surface area contributed by atoms with Crippen LogP contribution in [0.5, 0.6) is 0 Å². The summed E-state index contributed by atoms with van der Waals surface area (Å²) in [6, 6.07) is 5.98. The first kappa shape index (κ1) is 10.2. The van der Waals surface area contributed by atoms with Gasteiger partial charge in [0.1, 0.15) is 0 Å². The zero-order chi connectivity index (χ0) is 11.5. The molecule has 0 spiro atoms. The third-order valence-corrected chi connectivity index (χ3v) is 3.20. The average molecular weight is 242 g/mol. The summed E-state index contributed by atoms with van der Waals surface area (Å²) in [6.45, 7) is 0.788. The monoisotopic (exact) mass is 242 g/mol. The number of aromatic nitrogens is 3. The second-order valence-electron chi connectivity index (χ2n) is 3.58. The fourth-order valence-electron chi connectivity index (χ4n) is 1.59. The summed E-state index contributed by atoms with van der Waals surface area (Å²) < 4.78 is 0. The van der Waals surface area contributed by atoms with E-state index in [0.29, 0.717) is 0 Å². The predicted molar refractivity (Wildman–Crippen MR) is 69.0 cm³/mol. The number of rotatable bonds is 3. The van der Waals surface area contributed by atoms with Crippen LogP contribution in [0.15, 0.2) is 42.3 Å². The SMILES string of the molecule is c1cnc2cc(NCc3cncs3)ccc2n1. The van der Waals surface area contributed by atoms with Crippen molar-refractivity contribution in [3.05, 3.63) is 47.2 Å². The molecule has 0 radical (unpaired) electrons. The highest BCUT2D eigenvalue weighted by atomic mass is 32.1. The van der Waals surface area contributed by atoms with Gasteiger partial charge in [0.25, 0.3) is 0 Å². The fraction of sp³-hybridized carbons (Fsp3) is 0.0833. The maximum Gasteiger partial charge on any atom is 0.0907 e. The number of nitrogens with zero attached hydrogens (tertiary/aromatic N) is 3. The van der Waals surface area contributed by atoms with E-state index < -0.39 is 0 Å². The second kappa shape index (κ2) is 4.47. The molecule has 0 fully saturated rings. The third kappa shape index (κ3) is 2.24. The summed E-state index contributed by atoms with van der Waals surface area (Å²) in [7, 11) is 0. The van der Waals surface area contributed by atoms with Gasteiger partial charge < -0.3 is 5.32 Å². The lowest BCUT2D eigenvalue weighted by atomic mass is 10.2. The van der Waals surface area contributed by atoms with E-state index in [1.165, 1.54) is 4.88 Å². The Kier molecular flexibility index (Phi) is 2.67. The van der Waals surface area contributed by atoms with Crippen LogP contribution in [0.2, 0.25) is 0 Å². The Hall–Kier alpha value is -2.01. The van der Waals surface area contributed by atoms with Crippen molar-refractivity contribution in [1.29, 1.82) is 0 Å². The van der Waals surface area contributed by atoms with Gasteiger partial charge in [0.2, 0.25) is 0 Å². The number of benzene rings is 1. The number of hydrogen-bond donors (Lipinski definition) is 1. The van der Waals surface area contributed by atoms with Gasteiger partial charge in [-0.3, -0.25) is 15.0 Å². The molecule has 2 heterocycles. The Balaban J connectivity index is 1.81. The molecule has 17 heavy (non-hydrogen) atoms. The molecule has 5 heteroatoms. The molecule has 0 amide bonds. The molecule has 0 aliphatic rings. The fourth-order valence-corrected chi connectivity index (χ4v) is 2.13. The van der Waals surface area contributed by atoms with E-state index in [-0.39, 0.29) is 0 Å². The molecule has 0 saturated heterocycles. The summed E-state index contributed by atoms with van der Waals surface area (Å²) in [5.41, 5.74) is 4.70. The van der Waals surface area contributed by atoms with Crippen LogP contribution in [0.1, 0.15) is 4.88 Å². The van der Waals surface area contributed by atoms with E-state index in [9.17, 15) is 0 Å². The van der Waals surface area contributed by atoms with E-state index in [2.05, 4.69) is 20.3 Å². The van der Waals surface area contributed by atoms with Gasteiger partial charge in [0.15, 0.2) is 0 Å². The molecule has 1 aromatic carbocycles. The largest absolute Gasteiger partial charge is 0.380 e. The predicted octanol–water partition coefficient (Wildman–Crippen LogP) is 2.70. The highest BCUT2D eigenvalue weighted by Gasteiger charge is 1.98. The van der Waals surface area contributed by atoms with Gasteiger partial charge in [-0.25, -0.2) is 0 Å². The van der Waals surface area contributed by atoms with Crippen molar-refractivity contribution in [2.24, 2.45) is 0 Å². The lowest BCUT2D eigenvalue weighted by molar-refractivity contribution is 1.17. The van der Waals surface area contributed by atoms with Crippen LogP contribution in [-0.2, 0) is 6.54 Å². The van der Waals surface area contributed by atoms with Gasteiger partial charge in [0, 0.05) is 29.2 Å². The first-order valence-corrected chi connectivity index (χ1v) is 6.12. The summed E-state index contributed by atoms with van der Waals surface area (Å²) in [6.07, 6.45) is 5.28. The summed E-state index contributed by atoms with van der Waals surface area (Å²) in [4.78, 5) is 13.8. The zero-order valence-electron chi connectivity index (χ0n) is 9.00. The van der Waals surface area contributed by atoms with Crippen molar-refractivity contribution in [2.75, 3.05) is 5.32 Å². The maximum absolute atomic E-state index is 4.27. The number of thiazole rings is 1. The molecule has 0 bridgehead atoms. The third-order valence-electron chi connectivity index (χ3n) is 2.42. The molecular weight excluding hydrogens is 232 g/mol. The summed E-state index contributed by atoms with van der Waals surface area (Å²) in [5.74, 6) is 0. The first-order valence-electron chi connectivity index (χ1n) is 5.24. The topological polar surface area (TPSA) is 50.7 Å². The van der Waals surface area contributed by atoms with Gasteiger partial charge in [-0.2, -0.15) is 0 Å². The van der Waals surface area contributed by atoms with Gasteiger partial charge in [0.05, 0.1) is 23.1 Å². The van der Waals surface area contributed by atoms with Crippen molar-refractivity contribution in [2.45, 2.75) is 6.54 Å². The van der Waals surface area contributed by atoms with Crippen LogP contribution in [0.4, 0.5) is 5.69 Å². The molecule has 1 N–H and O–H groups in total. The summed E-state index contributed by atoms with van der Waals surface area (Å²) in [5, 5.41) is 3.34. The zero-order valence-corrected chi connectivity index (χ0v) is 9.81. The molecule has 0 saturated carbocycles. The smallest absolute Gasteiger partial charge is 0.0907 e. The van der Waals surface area contributed by atoms with Crippen molar-refractivity contribution in [3.63, 3.8) is 0 Å². The van der Waals surface area contributed by atoms with E-state index in [1.807, 2.05) is 29.9 Å². The van der Waals surface area contributed by atoms with Crippen LogP contribution in [-0.4, -0.2) is 15.0 Å². The normalized spacial score (nSPS) is 10.6. The van der Waals surface area contributed by atoms with E-state index >= 15 is 0 Å². The van der Waals surface area contributed by atoms with Crippen LogP contribution < -0.4 is 5.32 Å². The number of anilines is 1. The van der Waals surface area contributed by atoms with Crippen molar-refractivity contribution < 1.29 is 0 Å². The van der Waals surface area contributed by atoms with Gasteiger partial charge >= 0.3 is 0 Å². The molecule has 3 aromatic rings. The van der Waals surface area contributed by atoms with Gasteiger partial charge in [-0.1, -0.05) is 0 Å². The number of nitrogens with one attached hydrogen (secondary N) is 1. The number of hydrogen-bond acceptors (Lipinski definition) is 5. The van der Waals surface area contributed by atoms with E-state index in [4.69, 9.17) is 0 Å². The van der Waals surface area contributed by atoms with Crippen molar-refractivity contribution in [1.82, 2.24) is 15.0 Å². The average Bonchev–Trinajstić information content (AvgIpc) is 2.89. The van der Waals surface area contributed by atoms with Gasteiger partial charge in [-0.05, 0) is 18.2 Å². The minimum absolute atomic E-state index is 0.788. The Morgan fingerprint density at radius 1 is 1.12 bits per heavy atom.